The molecule has 15 heavy (non-hydrogen) atoms. The number of aliphatic carboxylic acids is 1. The first-order valence-corrected chi connectivity index (χ1v) is 4.22. The van der Waals surface area contributed by atoms with E-state index in [2.05, 4.69) is 10.2 Å². The summed E-state index contributed by atoms with van der Waals surface area (Å²) in [4.78, 5) is 22.1. The smallest absolute Gasteiger partial charge is 0.325 e. The summed E-state index contributed by atoms with van der Waals surface area (Å²) < 4.78 is 2.22. The van der Waals surface area contributed by atoms with E-state index in [4.69, 9.17) is 5.11 Å². The summed E-state index contributed by atoms with van der Waals surface area (Å²) >= 11 is 0. The maximum absolute atomic E-state index is 11.7. The largest absolute Gasteiger partial charge is 0.480 e. The van der Waals surface area contributed by atoms with E-state index in [9.17, 15) is 9.59 Å². The van der Waals surface area contributed by atoms with Crippen molar-refractivity contribution in [2.24, 2.45) is 0 Å². The molecule has 0 aliphatic heterocycles. The number of carboxylic acids is 1. The van der Waals surface area contributed by atoms with E-state index >= 15 is 0 Å². The molecule has 2 rings (SSSR count). The fraction of sp³-hybridized carbons (Fsp3) is 0.250. The zero-order valence-corrected chi connectivity index (χ0v) is 7.91. The molecule has 0 aliphatic carbocycles. The van der Waals surface area contributed by atoms with Gasteiger partial charge in [-0.3, -0.25) is 9.59 Å². The van der Waals surface area contributed by atoms with Gasteiger partial charge in [0.1, 0.15) is 18.4 Å². The minimum atomic E-state index is -1.11. The van der Waals surface area contributed by atoms with Gasteiger partial charge in [-0.15, -0.1) is 0 Å². The van der Waals surface area contributed by atoms with Crippen molar-refractivity contribution >= 4 is 11.5 Å². The summed E-state index contributed by atoms with van der Waals surface area (Å²) in [6.45, 7) is 1.30. The van der Waals surface area contributed by atoms with E-state index in [-0.39, 0.29) is 0 Å². The molecule has 1 N–H and O–H groups in total. The predicted molar refractivity (Wildman–Crippen MR) is 49.6 cm³/mol. The molecular formula is C8H8N4O3. The maximum atomic E-state index is 11.7. The molecule has 0 saturated heterocycles. The molecule has 0 bridgehead atoms. The second-order valence-corrected chi connectivity index (χ2v) is 3.10. The van der Waals surface area contributed by atoms with E-state index in [1.165, 1.54) is 10.8 Å². The molecule has 0 atom stereocenters. The molecule has 2 aromatic rings. The molecule has 0 aliphatic rings. The van der Waals surface area contributed by atoms with E-state index in [0.29, 0.717) is 11.2 Å². The van der Waals surface area contributed by atoms with Gasteiger partial charge in [0.05, 0.1) is 5.69 Å². The van der Waals surface area contributed by atoms with Crippen LogP contribution in [0, 0.1) is 6.92 Å². The monoisotopic (exact) mass is 208 g/mol. The van der Waals surface area contributed by atoms with Crippen molar-refractivity contribution in [1.82, 2.24) is 19.4 Å². The maximum Gasteiger partial charge on any atom is 0.325 e. The van der Waals surface area contributed by atoms with Crippen LogP contribution in [0.3, 0.4) is 0 Å². The Hall–Kier alpha value is -2.18. The first-order chi connectivity index (χ1) is 7.08. The zero-order valence-electron chi connectivity index (χ0n) is 7.91. The lowest BCUT2D eigenvalue weighted by atomic mass is 10.4. The van der Waals surface area contributed by atoms with Crippen molar-refractivity contribution in [2.75, 3.05) is 0 Å². The van der Waals surface area contributed by atoms with Crippen molar-refractivity contribution in [2.45, 2.75) is 13.5 Å². The topological polar surface area (TPSA) is 89.5 Å². The third-order valence-corrected chi connectivity index (χ3v) is 1.90. The summed E-state index contributed by atoms with van der Waals surface area (Å²) in [5.74, 6) is -1.11. The molecular weight excluding hydrogens is 200 g/mol. The van der Waals surface area contributed by atoms with E-state index in [1.807, 2.05) is 0 Å². The number of hydrogen-bond acceptors (Lipinski definition) is 4. The van der Waals surface area contributed by atoms with Crippen molar-refractivity contribution in [1.29, 1.82) is 0 Å². The average Bonchev–Trinajstić information content (AvgIpc) is 2.51. The average molecular weight is 208 g/mol. The van der Waals surface area contributed by atoms with Crippen LogP contribution in [-0.4, -0.2) is 30.5 Å². The number of carbonyl (C=O) groups is 1. The van der Waals surface area contributed by atoms with Crippen LogP contribution in [0.2, 0.25) is 0 Å². The Balaban J connectivity index is 2.64. The second-order valence-electron chi connectivity index (χ2n) is 3.10. The highest BCUT2D eigenvalue weighted by Gasteiger charge is 2.08. The molecule has 78 valence electrons. The van der Waals surface area contributed by atoms with Crippen LogP contribution in [0.5, 0.6) is 0 Å². The number of carboxylic acid groups (broad SMARTS) is 1. The Kier molecular flexibility index (Phi) is 2.00. The molecule has 0 aromatic carbocycles. The van der Waals surface area contributed by atoms with Gasteiger partial charge >= 0.3 is 5.97 Å². The molecule has 2 aromatic heterocycles. The van der Waals surface area contributed by atoms with E-state index in [1.54, 1.807) is 13.0 Å². The van der Waals surface area contributed by atoms with Crippen LogP contribution in [0.25, 0.3) is 5.52 Å². The molecule has 0 spiro atoms. The molecule has 7 heteroatoms. The third-order valence-electron chi connectivity index (χ3n) is 1.90. The van der Waals surface area contributed by atoms with Crippen molar-refractivity contribution in [3.63, 3.8) is 0 Å². The second kappa shape index (κ2) is 3.19. The Morgan fingerprint density at radius 1 is 1.60 bits per heavy atom. The highest BCUT2D eigenvalue weighted by atomic mass is 16.4. The summed E-state index contributed by atoms with van der Waals surface area (Å²) in [6.07, 6.45) is 1.31. The molecule has 0 saturated carbocycles. The van der Waals surface area contributed by atoms with Gasteiger partial charge in [0, 0.05) is 0 Å². The summed E-state index contributed by atoms with van der Waals surface area (Å²) in [5.41, 5.74) is 0.547. The van der Waals surface area contributed by atoms with Gasteiger partial charge in [-0.25, -0.2) is 9.20 Å². The van der Waals surface area contributed by atoms with Crippen LogP contribution in [0.1, 0.15) is 5.69 Å². The SMILES string of the molecule is Cc1cc2c(=O)n(CC(=O)O)ncn2n1. The highest BCUT2D eigenvalue weighted by molar-refractivity contribution is 5.66. The first kappa shape index (κ1) is 9.38. The Bertz CT molecular complexity index is 583. The molecule has 2 heterocycles. The van der Waals surface area contributed by atoms with Gasteiger partial charge in [0.2, 0.25) is 0 Å². The Morgan fingerprint density at radius 3 is 3.00 bits per heavy atom. The van der Waals surface area contributed by atoms with Crippen LogP contribution < -0.4 is 5.56 Å². The van der Waals surface area contributed by atoms with Gasteiger partial charge in [-0.05, 0) is 13.0 Å². The number of aryl methyl sites for hydroxylation is 1. The minimum absolute atomic E-state index is 0.323. The van der Waals surface area contributed by atoms with Crippen molar-refractivity contribution in [3.05, 3.63) is 28.4 Å². The molecule has 7 nitrogen and oxygen atoms in total. The quantitative estimate of drug-likeness (QED) is 0.703. The molecule has 0 radical (unpaired) electrons. The normalized spacial score (nSPS) is 10.7. The fourth-order valence-electron chi connectivity index (χ4n) is 1.30. The number of hydrogen-bond donors (Lipinski definition) is 1. The minimum Gasteiger partial charge on any atom is -0.480 e. The number of rotatable bonds is 2. The van der Waals surface area contributed by atoms with Crippen LogP contribution in [0.4, 0.5) is 0 Å². The summed E-state index contributed by atoms with van der Waals surface area (Å²) in [5, 5.41) is 16.2. The predicted octanol–water partition coefficient (Wildman–Crippen LogP) is -0.716. The van der Waals surface area contributed by atoms with Crippen LogP contribution >= 0.6 is 0 Å². The Morgan fingerprint density at radius 2 is 2.33 bits per heavy atom. The molecule has 0 fully saturated rings. The van der Waals surface area contributed by atoms with Crippen LogP contribution in [0.15, 0.2) is 17.2 Å². The van der Waals surface area contributed by atoms with Gasteiger partial charge in [-0.2, -0.15) is 10.2 Å². The fourth-order valence-corrected chi connectivity index (χ4v) is 1.30. The molecule has 0 amide bonds. The van der Waals surface area contributed by atoms with Gasteiger partial charge in [-0.1, -0.05) is 0 Å². The van der Waals surface area contributed by atoms with Gasteiger partial charge < -0.3 is 5.11 Å². The van der Waals surface area contributed by atoms with Crippen molar-refractivity contribution in [3.8, 4) is 0 Å². The number of fused-ring (bicyclic) bond motifs is 1. The van der Waals surface area contributed by atoms with Gasteiger partial charge in [0.15, 0.2) is 0 Å². The number of aromatic nitrogens is 4. The summed E-state index contributed by atoms with van der Waals surface area (Å²) in [7, 11) is 0. The van der Waals surface area contributed by atoms with Gasteiger partial charge in [0.25, 0.3) is 5.56 Å². The summed E-state index contributed by atoms with van der Waals surface area (Å²) in [6, 6.07) is 1.59. The highest BCUT2D eigenvalue weighted by Crippen LogP contribution is 1.98. The lowest BCUT2D eigenvalue weighted by Crippen LogP contribution is -2.27. The standard InChI is InChI=1S/C8H8N4O3/c1-5-2-6-8(15)11(3-7(13)14)9-4-12(6)10-5/h2,4H,3H2,1H3,(H,13,14). The number of nitrogens with zero attached hydrogens (tertiary/aromatic N) is 4. The van der Waals surface area contributed by atoms with Crippen molar-refractivity contribution < 1.29 is 9.90 Å². The first-order valence-electron chi connectivity index (χ1n) is 4.22. The lowest BCUT2D eigenvalue weighted by Gasteiger charge is -1.99. The third kappa shape index (κ3) is 1.58. The van der Waals surface area contributed by atoms with E-state index < -0.39 is 18.1 Å². The molecule has 0 unspecified atom stereocenters. The Labute approximate surface area is 83.6 Å². The van der Waals surface area contributed by atoms with Crippen LogP contribution in [-0.2, 0) is 11.3 Å². The van der Waals surface area contributed by atoms with E-state index in [0.717, 1.165) is 4.68 Å². The zero-order chi connectivity index (χ0) is 11.0. The lowest BCUT2D eigenvalue weighted by molar-refractivity contribution is -0.138.